The molecule has 0 bridgehead atoms. The van der Waals surface area contributed by atoms with Crippen LogP contribution in [0.25, 0.3) is 11.1 Å². The first-order valence-electron chi connectivity index (χ1n) is 12.8. The van der Waals surface area contributed by atoms with Crippen molar-refractivity contribution in [2.45, 2.75) is 77.4 Å². The van der Waals surface area contributed by atoms with Crippen molar-refractivity contribution in [3.8, 4) is 11.1 Å². The zero-order valence-corrected chi connectivity index (χ0v) is 23.1. The number of thioether (sulfide) groups is 1. The van der Waals surface area contributed by atoms with E-state index in [9.17, 15) is 15.0 Å². The van der Waals surface area contributed by atoms with Gasteiger partial charge in [0.1, 0.15) is 6.04 Å². The summed E-state index contributed by atoms with van der Waals surface area (Å²) in [5.41, 5.74) is 4.40. The molecule has 0 spiro atoms. The van der Waals surface area contributed by atoms with Gasteiger partial charge in [-0.25, -0.2) is 4.79 Å². The van der Waals surface area contributed by atoms with Crippen molar-refractivity contribution in [1.29, 1.82) is 0 Å². The maximum atomic E-state index is 13.2. The fraction of sp³-hybridized carbons (Fsp3) is 0.517. The Kier molecular flexibility index (Phi) is 13.2. The fourth-order valence-electron chi connectivity index (χ4n) is 4.97. The molecule has 0 saturated heterocycles. The first kappa shape index (κ1) is 30.5. The van der Waals surface area contributed by atoms with Gasteiger partial charge in [0, 0.05) is 12.6 Å². The first-order valence-corrected chi connectivity index (χ1v) is 14.2. The van der Waals surface area contributed by atoms with Gasteiger partial charge in [-0.3, -0.25) is 4.99 Å². The third kappa shape index (κ3) is 8.99. The molecule has 36 heavy (non-hydrogen) atoms. The molecule has 1 aliphatic carbocycles. The number of rotatable bonds is 12. The van der Waals surface area contributed by atoms with Crippen LogP contribution >= 0.6 is 11.8 Å². The van der Waals surface area contributed by atoms with Crippen LogP contribution in [0.2, 0.25) is 0 Å². The first-order chi connectivity index (χ1) is 16.9. The van der Waals surface area contributed by atoms with Crippen molar-refractivity contribution < 1.29 is 33.9 Å². The van der Waals surface area contributed by atoms with Gasteiger partial charge in [0.25, 0.3) is 0 Å². The van der Waals surface area contributed by atoms with Crippen LogP contribution in [0.15, 0.2) is 47.5 Å². The number of aryl methyl sites for hydroxylation is 1. The predicted molar refractivity (Wildman–Crippen MR) is 145 cm³/mol. The van der Waals surface area contributed by atoms with Gasteiger partial charge < -0.3 is 15.5 Å². The van der Waals surface area contributed by atoms with Crippen LogP contribution in [0.4, 0.5) is 0 Å². The summed E-state index contributed by atoms with van der Waals surface area (Å²) in [6, 6.07) is 13.2. The molecule has 1 saturated carbocycles. The van der Waals surface area contributed by atoms with Crippen LogP contribution in [0.1, 0.15) is 68.6 Å². The van der Waals surface area contributed by atoms with Crippen molar-refractivity contribution in [1.82, 2.24) is 5.32 Å². The quantitative estimate of drug-likeness (QED) is 0.265. The summed E-state index contributed by atoms with van der Waals surface area (Å²) in [6.45, 7) is 5.01. The number of aliphatic carboxylic acids is 1. The van der Waals surface area contributed by atoms with E-state index in [0.717, 1.165) is 34.7 Å². The second kappa shape index (κ2) is 15.5. The van der Waals surface area contributed by atoms with Gasteiger partial charge in [0.15, 0.2) is 0 Å². The van der Waals surface area contributed by atoms with Crippen molar-refractivity contribution in [2.75, 3.05) is 12.0 Å². The van der Waals surface area contributed by atoms with Crippen LogP contribution in [0.5, 0.6) is 0 Å². The van der Waals surface area contributed by atoms with Gasteiger partial charge in [0.2, 0.25) is 0 Å². The number of hydrogen-bond acceptors (Lipinski definition) is 5. The van der Waals surface area contributed by atoms with Crippen LogP contribution in [0.3, 0.4) is 0 Å². The average Bonchev–Trinajstić information content (AvgIpc) is 2.85. The number of nitrogens with zero attached hydrogens (tertiary/aromatic N) is 1. The Bertz CT molecular complexity index is 1010. The Hall–Kier alpha value is -1.71. The van der Waals surface area contributed by atoms with E-state index in [1.807, 2.05) is 49.6 Å². The Morgan fingerprint density at radius 3 is 2.56 bits per heavy atom. The molecule has 0 heterocycles. The summed E-state index contributed by atoms with van der Waals surface area (Å²) >= 11 is 1.55. The maximum Gasteiger partial charge on any atom is 1.00 e. The van der Waals surface area contributed by atoms with Gasteiger partial charge in [0.05, 0.1) is 0 Å². The molecule has 2 N–H and O–H groups in total. The molecular formula is C29H39LiN2O3S. The summed E-state index contributed by atoms with van der Waals surface area (Å²) in [6.07, 6.45) is 10.2. The van der Waals surface area contributed by atoms with Gasteiger partial charge in [-0.05, 0) is 84.4 Å². The molecular weight excluding hydrogens is 463 g/mol. The van der Waals surface area contributed by atoms with E-state index >= 15 is 0 Å². The van der Waals surface area contributed by atoms with Gasteiger partial charge in [-0.1, -0.05) is 68.5 Å². The van der Waals surface area contributed by atoms with Crippen molar-refractivity contribution >= 4 is 23.6 Å². The summed E-state index contributed by atoms with van der Waals surface area (Å²) in [5, 5.41) is 26.4. The topological polar surface area (TPSA) is 84.8 Å². The Labute approximate surface area is 232 Å². The van der Waals surface area contributed by atoms with E-state index < -0.39 is 17.9 Å². The minimum atomic E-state index is -1.06. The van der Waals surface area contributed by atoms with Crippen molar-refractivity contribution in [3.05, 3.63) is 59.2 Å². The number of aliphatic imine (C=N–C) groups is 1. The molecule has 3 rings (SSSR count). The van der Waals surface area contributed by atoms with Gasteiger partial charge in [-0.2, -0.15) is 11.8 Å². The summed E-state index contributed by atoms with van der Waals surface area (Å²) < 4.78 is 0. The molecule has 0 radical (unpaired) electrons. The van der Waals surface area contributed by atoms with Crippen LogP contribution in [0, 0.1) is 12.8 Å². The molecule has 1 aliphatic rings. The number of carboxylic acids is 1. The zero-order valence-electron chi connectivity index (χ0n) is 22.3. The molecule has 7 heteroatoms. The number of carboxylic acid groups (broad SMARTS) is 1. The molecule has 0 aliphatic heterocycles. The van der Waals surface area contributed by atoms with E-state index in [-0.39, 0.29) is 18.9 Å². The van der Waals surface area contributed by atoms with Gasteiger partial charge >= 0.3 is 24.8 Å². The van der Waals surface area contributed by atoms with E-state index in [0.29, 0.717) is 23.8 Å². The van der Waals surface area contributed by atoms with E-state index in [1.165, 1.54) is 38.5 Å². The Morgan fingerprint density at radius 1 is 1.17 bits per heavy atom. The van der Waals surface area contributed by atoms with E-state index in [2.05, 4.69) is 23.3 Å². The molecule has 0 unspecified atom stereocenters. The maximum absolute atomic E-state index is 13.2. The molecule has 2 aromatic rings. The van der Waals surface area contributed by atoms with Crippen LogP contribution in [-0.4, -0.2) is 41.1 Å². The molecule has 0 aromatic heterocycles. The normalized spacial score (nSPS) is 16.2. The largest absolute Gasteiger partial charge is 1.00 e. The molecule has 0 amide bonds. The zero-order chi connectivity index (χ0) is 25.2. The Morgan fingerprint density at radius 2 is 1.89 bits per heavy atom. The summed E-state index contributed by atoms with van der Waals surface area (Å²) in [5.74, 6) is -0.0644. The molecule has 2 atom stereocenters. The fourth-order valence-corrected chi connectivity index (χ4v) is 5.43. The smallest absolute Gasteiger partial charge is 0.858 e. The number of hydrogen-bond donors (Lipinski definition) is 2. The standard InChI is InChI=1S/C29H40N2O3S.Li/c1-20-9-7-8-12-24(20)26-18-23(19-30-21(2)17-22-10-5-4-6-11-22)13-14-25(26)28(32)31-27(29(33)34)15-16-35-3;/h7-9,12-14,18,21-22,27,30H,4-6,10-11,15-17,19H2,1-3H3,(H,31,32)(H,33,34);/q;+1/p-1/t21-,27+;/m1./s1. The second-order valence-corrected chi connectivity index (χ2v) is 10.8. The molecule has 190 valence electrons. The molecule has 1 fully saturated rings. The third-order valence-corrected chi connectivity index (χ3v) is 7.61. The van der Waals surface area contributed by atoms with E-state index in [1.54, 1.807) is 11.8 Å². The van der Waals surface area contributed by atoms with Gasteiger partial charge in [-0.15, -0.1) is 0 Å². The van der Waals surface area contributed by atoms with Crippen LogP contribution < -0.4 is 29.3 Å². The van der Waals surface area contributed by atoms with Crippen molar-refractivity contribution in [2.24, 2.45) is 10.9 Å². The van der Waals surface area contributed by atoms with Crippen LogP contribution in [-0.2, 0) is 11.3 Å². The number of nitrogens with one attached hydrogen (secondary N) is 1. The summed E-state index contributed by atoms with van der Waals surface area (Å²) in [7, 11) is 0. The minimum absolute atomic E-state index is 0. The number of carbonyl (C=O) groups is 1. The average molecular weight is 503 g/mol. The summed E-state index contributed by atoms with van der Waals surface area (Å²) in [4.78, 5) is 15.8. The molecule has 2 aromatic carbocycles. The monoisotopic (exact) mass is 502 g/mol. The predicted octanol–water partition coefficient (Wildman–Crippen LogP) is 2.43. The third-order valence-electron chi connectivity index (χ3n) is 6.97. The number of benzene rings is 2. The molecule has 5 nitrogen and oxygen atoms in total. The Balaban J connectivity index is 0.00000456. The minimum Gasteiger partial charge on any atom is -0.858 e. The second-order valence-electron chi connectivity index (χ2n) is 9.79. The van der Waals surface area contributed by atoms with Crippen molar-refractivity contribution in [3.63, 3.8) is 0 Å². The van der Waals surface area contributed by atoms with E-state index in [4.69, 9.17) is 0 Å². The SMILES string of the molecule is CSCC[C@H](N=C([O-])c1ccc(CN[C@H](C)CC2CCCCC2)cc1-c1ccccc1C)C(=O)O.[Li+].